The fourth-order valence-electron chi connectivity index (χ4n) is 2.87. The molecule has 0 aromatic heterocycles. The minimum Gasteiger partial charge on any atom is -0.322 e. The molecule has 0 bridgehead atoms. The Morgan fingerprint density at radius 2 is 1.77 bits per heavy atom. The highest BCUT2D eigenvalue weighted by Gasteiger charge is 2.34. The van der Waals surface area contributed by atoms with Crippen molar-refractivity contribution in [3.05, 3.63) is 58.9 Å². The summed E-state index contributed by atoms with van der Waals surface area (Å²) in [7, 11) is 2.89. The zero-order valence-electron chi connectivity index (χ0n) is 16.9. The van der Waals surface area contributed by atoms with Gasteiger partial charge in [0.15, 0.2) is 11.4 Å². The van der Waals surface area contributed by atoms with Crippen molar-refractivity contribution < 1.29 is 22.8 Å². The summed E-state index contributed by atoms with van der Waals surface area (Å²) in [6.45, 7) is 3.10. The van der Waals surface area contributed by atoms with Gasteiger partial charge in [0.2, 0.25) is 0 Å². The number of aldehydes is 2. The summed E-state index contributed by atoms with van der Waals surface area (Å²) in [6, 6.07) is 9.28. The first kappa shape index (κ1) is 24.4. The summed E-state index contributed by atoms with van der Waals surface area (Å²) in [4.78, 5) is 25.4. The highest BCUT2D eigenvalue weighted by Crippen LogP contribution is 2.39. The number of carbonyl (C=O) groups is 2. The van der Waals surface area contributed by atoms with Crippen molar-refractivity contribution in [3.63, 3.8) is 0 Å². The second-order valence-electron chi connectivity index (χ2n) is 7.24. The second kappa shape index (κ2) is 9.13. The first-order chi connectivity index (χ1) is 14.4. The summed E-state index contributed by atoms with van der Waals surface area (Å²) in [5, 5.41) is 9.14. The van der Waals surface area contributed by atoms with Gasteiger partial charge in [-0.2, -0.15) is 14.0 Å². The molecule has 0 aliphatic heterocycles. The molecule has 10 heteroatoms. The molecule has 5 nitrogen and oxygen atoms in total. The van der Waals surface area contributed by atoms with Gasteiger partial charge in [0.05, 0.1) is 22.7 Å². The van der Waals surface area contributed by atoms with Crippen LogP contribution in [0.25, 0.3) is 0 Å². The van der Waals surface area contributed by atoms with Crippen molar-refractivity contribution in [1.82, 2.24) is 0 Å². The van der Waals surface area contributed by atoms with Crippen molar-refractivity contribution in [2.45, 2.75) is 25.1 Å². The molecule has 31 heavy (non-hydrogen) atoms. The van der Waals surface area contributed by atoms with E-state index >= 15 is 0 Å². The van der Waals surface area contributed by atoms with Crippen LogP contribution in [0.15, 0.2) is 36.4 Å². The lowest BCUT2D eigenvalue weighted by Crippen LogP contribution is -2.54. The molecule has 0 fully saturated rings. The van der Waals surface area contributed by atoms with Gasteiger partial charge in [-0.15, -0.1) is 0 Å². The molecule has 0 saturated carbocycles. The van der Waals surface area contributed by atoms with E-state index < -0.39 is 22.6 Å². The molecule has 162 valence electrons. The number of halogens is 3. The second-order valence-corrected chi connectivity index (χ2v) is 8.33. The predicted molar refractivity (Wildman–Crippen MR) is 120 cm³/mol. The van der Waals surface area contributed by atoms with Crippen molar-refractivity contribution in [3.8, 4) is 6.07 Å². The number of nitrogens with zero attached hydrogens (tertiary/aromatic N) is 3. The Labute approximate surface area is 185 Å². The third kappa shape index (κ3) is 5.09. The van der Waals surface area contributed by atoms with Crippen LogP contribution in [0.3, 0.4) is 0 Å². The Balaban J connectivity index is 2.58. The van der Waals surface area contributed by atoms with Gasteiger partial charge in [0.1, 0.15) is 12.1 Å². The van der Waals surface area contributed by atoms with E-state index in [-0.39, 0.29) is 27.6 Å². The van der Waals surface area contributed by atoms with Crippen LogP contribution in [0.5, 0.6) is 0 Å². The average molecular weight is 465 g/mol. The number of benzene rings is 2. The Morgan fingerprint density at radius 1 is 1.16 bits per heavy atom. The smallest absolute Gasteiger partial charge is 0.285 e. The topological polar surface area (TPSA) is 64.4 Å². The molecule has 2 aromatic carbocycles. The van der Waals surface area contributed by atoms with Gasteiger partial charge in [-0.25, -0.2) is 4.39 Å². The molecule has 0 heterocycles. The maximum Gasteiger partial charge on any atom is 0.285 e. The van der Waals surface area contributed by atoms with E-state index in [1.807, 2.05) is 0 Å². The van der Waals surface area contributed by atoms with Crippen LogP contribution >= 0.6 is 21.5 Å². The molecule has 0 amide bonds. The lowest BCUT2D eigenvalue weighted by atomic mass is 10.0. The van der Waals surface area contributed by atoms with E-state index in [9.17, 15) is 22.8 Å². The third-order valence-electron chi connectivity index (χ3n) is 4.58. The fourth-order valence-corrected chi connectivity index (χ4v) is 3.55. The first-order valence-corrected chi connectivity index (χ1v) is 9.86. The third-order valence-corrected chi connectivity index (χ3v) is 5.35. The fraction of sp³-hybridized carbons (Fsp3) is 0.238. The van der Waals surface area contributed by atoms with Crippen LogP contribution in [0, 0.1) is 17.1 Å². The summed E-state index contributed by atoms with van der Waals surface area (Å²) in [6.07, 6.45) is 0.972. The van der Waals surface area contributed by atoms with Crippen LogP contribution in [0.2, 0.25) is 0 Å². The van der Waals surface area contributed by atoms with E-state index in [0.717, 1.165) is 12.1 Å². The maximum absolute atomic E-state index is 14.2. The Kier molecular flexibility index (Phi) is 7.20. The van der Waals surface area contributed by atoms with Crippen LogP contribution in [-0.2, 0) is 10.5 Å². The average Bonchev–Trinajstić information content (AvgIpc) is 2.72. The molecule has 0 saturated heterocycles. The molecular formula is C21H19F3N3O2PS. The predicted octanol–water partition coefficient (Wildman–Crippen LogP) is 4.64. The molecule has 2 aromatic rings. The Bertz CT molecular complexity index is 1080. The highest BCUT2D eigenvalue weighted by molar-refractivity contribution is 7.80. The number of alkyl halides is 2. The minimum atomic E-state index is -3.35. The Morgan fingerprint density at radius 3 is 2.26 bits per heavy atom. The van der Waals surface area contributed by atoms with Crippen molar-refractivity contribution in [1.29, 1.82) is 5.26 Å². The number of carbonyl (C=O) groups excluding carboxylic acids is 2. The van der Waals surface area contributed by atoms with E-state index in [1.165, 1.54) is 50.4 Å². The molecule has 0 aliphatic carbocycles. The molecule has 2 rings (SSSR count). The largest absolute Gasteiger partial charge is 0.322 e. The molecule has 0 spiro atoms. The quantitative estimate of drug-likeness (QED) is 0.352. The van der Waals surface area contributed by atoms with E-state index in [0.29, 0.717) is 12.6 Å². The van der Waals surface area contributed by atoms with Gasteiger partial charge in [0, 0.05) is 24.0 Å². The summed E-state index contributed by atoms with van der Waals surface area (Å²) < 4.78 is 42.2. The van der Waals surface area contributed by atoms with Crippen molar-refractivity contribution in [2.75, 3.05) is 16.8 Å². The summed E-state index contributed by atoms with van der Waals surface area (Å²) in [5.74, 6) is -0.798. The van der Waals surface area contributed by atoms with Crippen LogP contribution in [0.1, 0.15) is 35.3 Å². The number of rotatable bonds is 6. The standard InChI is InChI=1S/C21H19F3N3O2PS/c1-20(2,12-29)27(16-7-5-14(11-28)18(22)9-16)19(31)26(3)15-6-4-13(10-25)17(8-15)21(23,24)30/h4-9,11-12H,30H2,1-3H3. The monoisotopic (exact) mass is 465 g/mol. The number of nitriles is 1. The molecule has 0 aliphatic rings. The summed E-state index contributed by atoms with van der Waals surface area (Å²) >= 11 is 5.52. The number of hydrogen-bond acceptors (Lipinski definition) is 4. The number of thiocarbonyl (C=S) groups is 1. The van der Waals surface area contributed by atoms with E-state index in [1.54, 1.807) is 19.9 Å². The summed E-state index contributed by atoms with van der Waals surface area (Å²) in [5.41, 5.74) is -5.01. The maximum atomic E-state index is 14.2. The molecule has 1 unspecified atom stereocenters. The molecule has 0 radical (unpaired) electrons. The van der Waals surface area contributed by atoms with Gasteiger partial charge in [-0.3, -0.25) is 4.79 Å². The SMILES string of the molecule is CN(C(=S)N(c1ccc(C=O)c(F)c1)C(C)(C)C=O)c1ccc(C#N)c(C(F)(F)P)c1. The number of anilines is 2. The van der Waals surface area contributed by atoms with Gasteiger partial charge < -0.3 is 14.6 Å². The van der Waals surface area contributed by atoms with Crippen LogP contribution < -0.4 is 9.80 Å². The van der Waals surface area contributed by atoms with Gasteiger partial charge in [0.25, 0.3) is 5.66 Å². The van der Waals surface area contributed by atoms with Crippen LogP contribution in [-0.4, -0.2) is 30.3 Å². The van der Waals surface area contributed by atoms with E-state index in [2.05, 4.69) is 0 Å². The van der Waals surface area contributed by atoms with Gasteiger partial charge >= 0.3 is 0 Å². The molecule has 0 N–H and O–H groups in total. The first-order valence-electron chi connectivity index (χ1n) is 8.87. The number of hydrogen-bond donors (Lipinski definition) is 0. The normalized spacial score (nSPS) is 11.4. The van der Waals surface area contributed by atoms with Gasteiger partial charge in [-0.05, 0) is 62.5 Å². The van der Waals surface area contributed by atoms with Crippen LogP contribution in [0.4, 0.5) is 24.5 Å². The Hall–Kier alpha value is -2.82. The van der Waals surface area contributed by atoms with E-state index in [4.69, 9.17) is 17.5 Å². The lowest BCUT2D eigenvalue weighted by Gasteiger charge is -2.39. The molecule has 1 atom stereocenters. The zero-order valence-corrected chi connectivity index (χ0v) is 18.9. The van der Waals surface area contributed by atoms with Crippen molar-refractivity contribution in [2.24, 2.45) is 0 Å². The van der Waals surface area contributed by atoms with Crippen molar-refractivity contribution >= 4 is 50.5 Å². The molecular weight excluding hydrogens is 446 g/mol. The zero-order chi connectivity index (χ0) is 23.6. The minimum absolute atomic E-state index is 0.0121. The van der Waals surface area contributed by atoms with Gasteiger partial charge in [-0.1, -0.05) is 9.24 Å². The lowest BCUT2D eigenvalue weighted by molar-refractivity contribution is -0.111. The highest BCUT2D eigenvalue weighted by atomic mass is 32.1.